The molecule has 8 nitrogen and oxygen atoms in total. The Kier molecular flexibility index (Phi) is 5.10. The number of hydrogen-bond acceptors (Lipinski definition) is 6. The summed E-state index contributed by atoms with van der Waals surface area (Å²) in [4.78, 5) is 13.3. The van der Waals surface area contributed by atoms with Crippen LogP contribution in [0.1, 0.15) is 11.1 Å². The summed E-state index contributed by atoms with van der Waals surface area (Å²) in [5.41, 5.74) is 2.24. The number of aliphatic carboxylic acids is 1. The van der Waals surface area contributed by atoms with E-state index in [9.17, 15) is 13.2 Å². The van der Waals surface area contributed by atoms with E-state index in [0.717, 1.165) is 11.3 Å². The van der Waals surface area contributed by atoms with Crippen LogP contribution in [0, 0.1) is 6.92 Å². The fraction of sp³-hybridized carbons (Fsp3) is 0.350. The summed E-state index contributed by atoms with van der Waals surface area (Å²) in [6.07, 6.45) is -0.201. The molecule has 0 unspecified atom stereocenters. The monoisotopic (exact) mass is 418 g/mol. The van der Waals surface area contributed by atoms with Crippen LogP contribution in [0.4, 0.5) is 5.69 Å². The van der Waals surface area contributed by atoms with Gasteiger partial charge in [-0.3, -0.25) is 4.79 Å². The first-order valence-corrected chi connectivity index (χ1v) is 10.7. The first-order chi connectivity index (χ1) is 13.8. The second kappa shape index (κ2) is 7.57. The standard InChI is InChI=1S/C20H22N2O6S/c1-14-2-4-17(10-15(14)11-20(23)24)29(25,26)22-8-6-21(7-9-22)16-3-5-18-19(12-16)28-13-27-18/h2-5,10,12H,6-9,11,13H2,1H3,(H,23,24). The van der Waals surface area contributed by atoms with Gasteiger partial charge in [0, 0.05) is 37.9 Å². The summed E-state index contributed by atoms with van der Waals surface area (Å²) in [5.74, 6) is 0.426. The van der Waals surface area contributed by atoms with Crippen molar-refractivity contribution in [1.29, 1.82) is 0 Å². The molecule has 2 aromatic carbocycles. The highest BCUT2D eigenvalue weighted by Gasteiger charge is 2.29. The molecular weight excluding hydrogens is 396 g/mol. The second-order valence-electron chi connectivity index (χ2n) is 7.09. The molecule has 2 aromatic rings. The lowest BCUT2D eigenvalue weighted by atomic mass is 10.1. The zero-order chi connectivity index (χ0) is 20.6. The number of piperazine rings is 1. The number of sulfonamides is 1. The normalized spacial score (nSPS) is 16.8. The Morgan fingerprint density at radius 1 is 1.03 bits per heavy atom. The molecule has 0 atom stereocenters. The number of nitrogens with zero attached hydrogens (tertiary/aromatic N) is 2. The van der Waals surface area contributed by atoms with Crippen molar-refractivity contribution >= 4 is 21.7 Å². The summed E-state index contributed by atoms with van der Waals surface area (Å²) in [7, 11) is -3.68. The van der Waals surface area contributed by atoms with Gasteiger partial charge in [-0.1, -0.05) is 6.07 Å². The van der Waals surface area contributed by atoms with Gasteiger partial charge in [-0.25, -0.2) is 8.42 Å². The first kappa shape index (κ1) is 19.5. The third-order valence-electron chi connectivity index (χ3n) is 5.26. The fourth-order valence-corrected chi connectivity index (χ4v) is 5.05. The Hall–Kier alpha value is -2.78. The van der Waals surface area contributed by atoms with Crippen LogP contribution < -0.4 is 14.4 Å². The third-order valence-corrected chi connectivity index (χ3v) is 7.15. The molecular formula is C20H22N2O6S. The topological polar surface area (TPSA) is 96.4 Å². The van der Waals surface area contributed by atoms with Crippen LogP contribution in [0.5, 0.6) is 11.5 Å². The van der Waals surface area contributed by atoms with Crippen LogP contribution in [0.3, 0.4) is 0 Å². The van der Waals surface area contributed by atoms with E-state index in [1.807, 2.05) is 18.2 Å². The summed E-state index contributed by atoms with van der Waals surface area (Å²) in [6.45, 7) is 3.78. The molecule has 0 saturated carbocycles. The highest BCUT2D eigenvalue weighted by Crippen LogP contribution is 2.36. The molecule has 0 bridgehead atoms. The number of rotatable bonds is 5. The van der Waals surface area contributed by atoms with Crippen molar-refractivity contribution in [1.82, 2.24) is 4.31 Å². The van der Waals surface area contributed by atoms with Gasteiger partial charge in [0.25, 0.3) is 0 Å². The van der Waals surface area contributed by atoms with Gasteiger partial charge in [-0.05, 0) is 42.3 Å². The Bertz CT molecular complexity index is 1040. The molecule has 2 aliphatic rings. The van der Waals surface area contributed by atoms with E-state index in [-0.39, 0.29) is 18.1 Å². The van der Waals surface area contributed by atoms with Crippen molar-refractivity contribution in [3.8, 4) is 11.5 Å². The maximum Gasteiger partial charge on any atom is 0.307 e. The SMILES string of the molecule is Cc1ccc(S(=O)(=O)N2CCN(c3ccc4c(c3)OCO4)CC2)cc1CC(=O)O. The molecule has 9 heteroatoms. The lowest BCUT2D eigenvalue weighted by Gasteiger charge is -2.35. The smallest absolute Gasteiger partial charge is 0.307 e. The number of hydrogen-bond donors (Lipinski definition) is 1. The lowest BCUT2D eigenvalue weighted by molar-refractivity contribution is -0.136. The molecule has 4 rings (SSSR count). The lowest BCUT2D eigenvalue weighted by Crippen LogP contribution is -2.48. The van der Waals surface area contributed by atoms with Crippen LogP contribution >= 0.6 is 0 Å². The van der Waals surface area contributed by atoms with Gasteiger partial charge in [0.2, 0.25) is 16.8 Å². The zero-order valence-corrected chi connectivity index (χ0v) is 16.8. The van der Waals surface area contributed by atoms with E-state index in [0.29, 0.717) is 43.2 Å². The number of carboxylic acids is 1. The fourth-order valence-electron chi connectivity index (χ4n) is 3.58. The average molecular weight is 418 g/mol. The van der Waals surface area contributed by atoms with Gasteiger partial charge < -0.3 is 19.5 Å². The maximum absolute atomic E-state index is 13.1. The van der Waals surface area contributed by atoms with Gasteiger partial charge in [0.15, 0.2) is 11.5 Å². The van der Waals surface area contributed by atoms with Gasteiger partial charge >= 0.3 is 5.97 Å². The molecule has 2 heterocycles. The molecule has 1 fully saturated rings. The first-order valence-electron chi connectivity index (χ1n) is 9.31. The van der Waals surface area contributed by atoms with Crippen molar-refractivity contribution in [2.45, 2.75) is 18.2 Å². The minimum atomic E-state index is -3.68. The van der Waals surface area contributed by atoms with E-state index >= 15 is 0 Å². The Morgan fingerprint density at radius 3 is 2.48 bits per heavy atom. The molecule has 1 N–H and O–H groups in total. The number of carboxylic acid groups (broad SMARTS) is 1. The molecule has 0 radical (unpaired) electrons. The van der Waals surface area contributed by atoms with Gasteiger partial charge in [-0.2, -0.15) is 4.31 Å². The number of ether oxygens (including phenoxy) is 2. The van der Waals surface area contributed by atoms with Crippen molar-refractivity contribution in [2.24, 2.45) is 0 Å². The van der Waals surface area contributed by atoms with Crippen molar-refractivity contribution in [2.75, 3.05) is 37.9 Å². The molecule has 0 spiro atoms. The second-order valence-corrected chi connectivity index (χ2v) is 9.03. The molecule has 2 aliphatic heterocycles. The molecule has 0 amide bonds. The van der Waals surface area contributed by atoms with E-state index in [1.54, 1.807) is 19.1 Å². The predicted molar refractivity (Wildman–Crippen MR) is 106 cm³/mol. The predicted octanol–water partition coefficient (Wildman–Crippen LogP) is 1.86. The van der Waals surface area contributed by atoms with Gasteiger partial charge in [0.05, 0.1) is 11.3 Å². The number of fused-ring (bicyclic) bond motifs is 1. The highest BCUT2D eigenvalue weighted by atomic mass is 32.2. The van der Waals surface area contributed by atoms with Crippen LogP contribution in [0.15, 0.2) is 41.3 Å². The third kappa shape index (κ3) is 3.88. The maximum atomic E-state index is 13.1. The Balaban J connectivity index is 1.48. The Labute approximate surface area is 169 Å². The quantitative estimate of drug-likeness (QED) is 0.792. The molecule has 0 aromatic heterocycles. The van der Waals surface area contributed by atoms with Crippen molar-refractivity contribution in [3.63, 3.8) is 0 Å². The van der Waals surface area contributed by atoms with Gasteiger partial charge in [-0.15, -0.1) is 0 Å². The highest BCUT2D eigenvalue weighted by molar-refractivity contribution is 7.89. The zero-order valence-electron chi connectivity index (χ0n) is 16.0. The van der Waals surface area contributed by atoms with E-state index in [2.05, 4.69) is 4.90 Å². The van der Waals surface area contributed by atoms with E-state index in [1.165, 1.54) is 10.4 Å². The number of benzene rings is 2. The van der Waals surface area contributed by atoms with Crippen LogP contribution in [-0.2, 0) is 21.2 Å². The van der Waals surface area contributed by atoms with Gasteiger partial charge in [0.1, 0.15) is 0 Å². The van der Waals surface area contributed by atoms with Crippen LogP contribution in [-0.4, -0.2) is 56.8 Å². The van der Waals surface area contributed by atoms with E-state index < -0.39 is 16.0 Å². The minimum absolute atomic E-state index is 0.135. The Morgan fingerprint density at radius 2 is 1.76 bits per heavy atom. The summed E-state index contributed by atoms with van der Waals surface area (Å²) in [6, 6.07) is 10.4. The number of carbonyl (C=O) groups is 1. The molecule has 1 saturated heterocycles. The van der Waals surface area contributed by atoms with Crippen LogP contribution in [0.2, 0.25) is 0 Å². The largest absolute Gasteiger partial charge is 0.481 e. The van der Waals surface area contributed by atoms with Crippen molar-refractivity contribution in [3.05, 3.63) is 47.5 Å². The summed E-state index contributed by atoms with van der Waals surface area (Å²) >= 11 is 0. The van der Waals surface area contributed by atoms with Crippen LogP contribution in [0.25, 0.3) is 0 Å². The summed E-state index contributed by atoms with van der Waals surface area (Å²) < 4.78 is 38.3. The molecule has 0 aliphatic carbocycles. The minimum Gasteiger partial charge on any atom is -0.481 e. The van der Waals surface area contributed by atoms with Crippen molar-refractivity contribution < 1.29 is 27.8 Å². The molecule has 29 heavy (non-hydrogen) atoms. The number of anilines is 1. The molecule has 154 valence electrons. The number of aryl methyl sites for hydroxylation is 1. The van der Waals surface area contributed by atoms with E-state index in [4.69, 9.17) is 14.6 Å². The summed E-state index contributed by atoms with van der Waals surface area (Å²) in [5, 5.41) is 9.05. The average Bonchev–Trinajstić information content (AvgIpc) is 3.17.